The van der Waals surface area contributed by atoms with Crippen molar-refractivity contribution < 1.29 is 4.79 Å². The lowest BCUT2D eigenvalue weighted by atomic mass is 10.0. The normalized spacial score (nSPS) is 17.8. The lowest BCUT2D eigenvalue weighted by Gasteiger charge is -2.34. The molecule has 4 heteroatoms. The van der Waals surface area contributed by atoms with Gasteiger partial charge in [0.05, 0.1) is 0 Å². The van der Waals surface area contributed by atoms with Crippen LogP contribution in [-0.2, 0) is 7.05 Å². The standard InChI is InChI=1S/C21H23N3O/c1-15-7-6-10-19-17(15)13-20(23(19)2)21(25)24-12-11-22-18(14-24)16-8-4-3-5-9-16/h3-10,13,18,22H,11-12,14H2,1-2H3. The summed E-state index contributed by atoms with van der Waals surface area (Å²) in [6.07, 6.45) is 0. The van der Waals surface area contributed by atoms with Crippen LogP contribution in [0.5, 0.6) is 0 Å². The number of fused-ring (bicyclic) bond motifs is 1. The molecule has 2 aromatic carbocycles. The number of hydrogen-bond acceptors (Lipinski definition) is 2. The third-order valence-corrected chi connectivity index (χ3v) is 5.19. The van der Waals surface area contributed by atoms with Crippen molar-refractivity contribution in [2.45, 2.75) is 13.0 Å². The van der Waals surface area contributed by atoms with Crippen molar-refractivity contribution in [1.29, 1.82) is 0 Å². The first-order valence-electron chi connectivity index (χ1n) is 8.78. The molecule has 1 N–H and O–H groups in total. The van der Waals surface area contributed by atoms with Gasteiger partial charge in [-0.3, -0.25) is 4.79 Å². The molecule has 3 aromatic rings. The molecule has 0 aliphatic carbocycles. The number of piperazine rings is 1. The van der Waals surface area contributed by atoms with Crippen molar-refractivity contribution in [3.8, 4) is 0 Å². The highest BCUT2D eigenvalue weighted by Gasteiger charge is 2.27. The van der Waals surface area contributed by atoms with E-state index in [0.717, 1.165) is 29.7 Å². The maximum Gasteiger partial charge on any atom is 0.270 e. The number of rotatable bonds is 2. The van der Waals surface area contributed by atoms with Crippen molar-refractivity contribution >= 4 is 16.8 Å². The van der Waals surface area contributed by atoms with E-state index in [1.807, 2.05) is 46.8 Å². The molecule has 25 heavy (non-hydrogen) atoms. The zero-order valence-electron chi connectivity index (χ0n) is 14.7. The number of aromatic nitrogens is 1. The van der Waals surface area contributed by atoms with Gasteiger partial charge in [-0.05, 0) is 30.2 Å². The maximum absolute atomic E-state index is 13.2. The molecule has 1 aliphatic rings. The van der Waals surface area contributed by atoms with Gasteiger partial charge in [0.2, 0.25) is 0 Å². The van der Waals surface area contributed by atoms with E-state index in [0.29, 0.717) is 6.54 Å². The van der Waals surface area contributed by atoms with Crippen molar-refractivity contribution in [3.63, 3.8) is 0 Å². The number of nitrogens with zero attached hydrogens (tertiary/aromatic N) is 2. The molecule has 1 unspecified atom stereocenters. The summed E-state index contributed by atoms with van der Waals surface area (Å²) >= 11 is 0. The lowest BCUT2D eigenvalue weighted by molar-refractivity contribution is 0.0694. The minimum atomic E-state index is 0.112. The van der Waals surface area contributed by atoms with E-state index >= 15 is 0 Å². The minimum Gasteiger partial charge on any atom is -0.340 e. The Balaban J connectivity index is 1.63. The predicted molar refractivity (Wildman–Crippen MR) is 101 cm³/mol. The molecular weight excluding hydrogens is 310 g/mol. The molecule has 0 bridgehead atoms. The highest BCUT2D eigenvalue weighted by molar-refractivity contribution is 5.99. The van der Waals surface area contributed by atoms with E-state index in [2.05, 4.69) is 36.5 Å². The smallest absolute Gasteiger partial charge is 0.270 e. The second-order valence-electron chi connectivity index (χ2n) is 6.76. The number of benzene rings is 2. The summed E-state index contributed by atoms with van der Waals surface area (Å²) in [6.45, 7) is 4.34. The molecule has 128 valence electrons. The SMILES string of the molecule is Cc1cccc2c1cc(C(=O)N1CCNC(c3ccccc3)C1)n2C. The van der Waals surface area contributed by atoms with Gasteiger partial charge in [0, 0.05) is 43.6 Å². The summed E-state index contributed by atoms with van der Waals surface area (Å²) < 4.78 is 2.02. The fourth-order valence-corrected chi connectivity index (χ4v) is 3.72. The van der Waals surface area contributed by atoms with Crippen molar-refractivity contribution in [2.75, 3.05) is 19.6 Å². The number of aryl methyl sites for hydroxylation is 2. The Morgan fingerprint density at radius 3 is 2.68 bits per heavy atom. The number of nitrogens with one attached hydrogen (secondary N) is 1. The molecule has 4 nitrogen and oxygen atoms in total. The molecule has 1 aromatic heterocycles. The summed E-state index contributed by atoms with van der Waals surface area (Å²) in [5.74, 6) is 0.112. The van der Waals surface area contributed by atoms with Gasteiger partial charge in [-0.1, -0.05) is 42.5 Å². The first-order valence-corrected chi connectivity index (χ1v) is 8.78. The van der Waals surface area contributed by atoms with Gasteiger partial charge in [-0.15, -0.1) is 0 Å². The zero-order valence-corrected chi connectivity index (χ0v) is 14.7. The van der Waals surface area contributed by atoms with Gasteiger partial charge in [-0.25, -0.2) is 0 Å². The molecule has 2 heterocycles. The Bertz CT molecular complexity index is 914. The molecule has 0 radical (unpaired) electrons. The monoisotopic (exact) mass is 333 g/mol. The highest BCUT2D eigenvalue weighted by Crippen LogP contribution is 2.24. The van der Waals surface area contributed by atoms with Gasteiger partial charge in [-0.2, -0.15) is 0 Å². The number of carbonyl (C=O) groups excluding carboxylic acids is 1. The Hall–Kier alpha value is -2.59. The molecule has 1 fully saturated rings. The first-order chi connectivity index (χ1) is 12.1. The van der Waals surface area contributed by atoms with E-state index in [-0.39, 0.29) is 11.9 Å². The fourth-order valence-electron chi connectivity index (χ4n) is 3.72. The Kier molecular flexibility index (Phi) is 4.06. The van der Waals surface area contributed by atoms with Crippen LogP contribution in [0.1, 0.15) is 27.7 Å². The predicted octanol–water partition coefficient (Wildman–Crippen LogP) is 3.27. The van der Waals surface area contributed by atoms with Crippen LogP contribution >= 0.6 is 0 Å². The van der Waals surface area contributed by atoms with Crippen molar-refractivity contribution in [1.82, 2.24) is 14.8 Å². The molecule has 4 rings (SSSR count). The van der Waals surface area contributed by atoms with Crippen LogP contribution in [0.15, 0.2) is 54.6 Å². The van der Waals surface area contributed by atoms with E-state index < -0.39 is 0 Å². The third-order valence-electron chi connectivity index (χ3n) is 5.19. The zero-order chi connectivity index (χ0) is 17.4. The fraction of sp³-hybridized carbons (Fsp3) is 0.286. The summed E-state index contributed by atoms with van der Waals surface area (Å²) in [4.78, 5) is 15.1. The van der Waals surface area contributed by atoms with Crippen LogP contribution in [0.4, 0.5) is 0 Å². The third kappa shape index (κ3) is 2.83. The van der Waals surface area contributed by atoms with Crippen LogP contribution in [0.2, 0.25) is 0 Å². The van der Waals surface area contributed by atoms with E-state index in [1.165, 1.54) is 11.1 Å². The van der Waals surface area contributed by atoms with Gasteiger partial charge < -0.3 is 14.8 Å². The number of amides is 1. The molecule has 0 spiro atoms. The van der Waals surface area contributed by atoms with Crippen LogP contribution < -0.4 is 5.32 Å². The molecule has 1 aliphatic heterocycles. The summed E-state index contributed by atoms with van der Waals surface area (Å²) in [5, 5.41) is 4.68. The summed E-state index contributed by atoms with van der Waals surface area (Å²) in [7, 11) is 1.98. The first kappa shape index (κ1) is 15.9. The number of hydrogen-bond donors (Lipinski definition) is 1. The highest BCUT2D eigenvalue weighted by atomic mass is 16.2. The Labute approximate surface area is 148 Å². The average molecular weight is 333 g/mol. The van der Waals surface area contributed by atoms with Gasteiger partial charge in [0.25, 0.3) is 5.91 Å². The van der Waals surface area contributed by atoms with Crippen molar-refractivity contribution in [2.24, 2.45) is 7.05 Å². The molecule has 1 amide bonds. The lowest BCUT2D eigenvalue weighted by Crippen LogP contribution is -2.48. The van der Waals surface area contributed by atoms with Crippen LogP contribution in [0.25, 0.3) is 10.9 Å². The van der Waals surface area contributed by atoms with Crippen LogP contribution in [0.3, 0.4) is 0 Å². The van der Waals surface area contributed by atoms with Gasteiger partial charge in [0.1, 0.15) is 5.69 Å². The molecule has 0 saturated carbocycles. The molecule has 1 saturated heterocycles. The topological polar surface area (TPSA) is 37.3 Å². The van der Waals surface area contributed by atoms with Gasteiger partial charge in [0.15, 0.2) is 0 Å². The molecule has 1 atom stereocenters. The average Bonchev–Trinajstić information content (AvgIpc) is 3.00. The van der Waals surface area contributed by atoms with Crippen LogP contribution in [0, 0.1) is 6.92 Å². The maximum atomic E-state index is 13.2. The van der Waals surface area contributed by atoms with Crippen LogP contribution in [-0.4, -0.2) is 35.0 Å². The van der Waals surface area contributed by atoms with Gasteiger partial charge >= 0.3 is 0 Å². The number of carbonyl (C=O) groups is 1. The van der Waals surface area contributed by atoms with E-state index in [4.69, 9.17) is 0 Å². The Morgan fingerprint density at radius 2 is 1.92 bits per heavy atom. The van der Waals surface area contributed by atoms with E-state index in [9.17, 15) is 4.79 Å². The molecular formula is C21H23N3O. The van der Waals surface area contributed by atoms with E-state index in [1.54, 1.807) is 0 Å². The second kappa shape index (κ2) is 6.37. The quantitative estimate of drug-likeness (QED) is 0.781. The summed E-state index contributed by atoms with van der Waals surface area (Å²) in [5.41, 5.74) is 4.30. The second-order valence-corrected chi connectivity index (χ2v) is 6.76. The largest absolute Gasteiger partial charge is 0.340 e. The Morgan fingerprint density at radius 1 is 1.12 bits per heavy atom. The summed E-state index contributed by atoms with van der Waals surface area (Å²) in [6, 6.07) is 18.8. The van der Waals surface area contributed by atoms with Crippen molar-refractivity contribution in [3.05, 3.63) is 71.4 Å². The minimum absolute atomic E-state index is 0.112.